The zero-order chi connectivity index (χ0) is 42.5. The van der Waals surface area contributed by atoms with Crippen molar-refractivity contribution in [3.05, 3.63) is 97.2 Å². The standard InChI is InChI=1S/C48H81O9P/c1-3-5-7-9-11-13-15-17-19-21-22-23-25-27-29-31-33-35-37-39-41-54-44-47(45-56-58(52,53)55-43-46(50)42-49)57-48(51)40-38-36-34-32-30-28-26-24-20-18-16-14-12-10-8-6-4-2/h5-8,11-14,17-20,22-23,26,28,46-47,49-50H,3-4,9-10,15-16,21,24-25,27,29-45H2,1-2H3,(H,52,53)/b7-5-,8-6-,13-11-,14-12-,19-17-,20-18-,23-22-,28-26-. The van der Waals surface area contributed by atoms with E-state index >= 15 is 0 Å². The molecule has 0 rings (SSSR count). The zero-order valence-electron chi connectivity index (χ0n) is 36.2. The average molecular weight is 833 g/mol. The Balaban J connectivity index is 4.25. The van der Waals surface area contributed by atoms with Crippen LogP contribution in [0.2, 0.25) is 0 Å². The van der Waals surface area contributed by atoms with Crippen molar-refractivity contribution in [1.29, 1.82) is 0 Å². The molecular weight excluding hydrogens is 751 g/mol. The molecule has 0 aromatic carbocycles. The molecular formula is C48H81O9P. The number of hydrogen-bond donors (Lipinski definition) is 3. The fourth-order valence-corrected chi connectivity index (χ4v) is 6.24. The Morgan fingerprint density at radius 1 is 0.534 bits per heavy atom. The fraction of sp³-hybridized carbons (Fsp3) is 0.646. The summed E-state index contributed by atoms with van der Waals surface area (Å²) in [7, 11) is -4.54. The number of allylic oxidation sites excluding steroid dienone is 16. The van der Waals surface area contributed by atoms with Gasteiger partial charge in [-0.2, -0.15) is 0 Å². The van der Waals surface area contributed by atoms with E-state index < -0.39 is 45.8 Å². The lowest BCUT2D eigenvalue weighted by Gasteiger charge is -2.20. The van der Waals surface area contributed by atoms with Crippen LogP contribution in [-0.2, 0) is 27.9 Å². The monoisotopic (exact) mass is 833 g/mol. The normalized spacial score (nSPS) is 14.9. The second kappa shape index (κ2) is 43.9. The predicted octanol–water partition coefficient (Wildman–Crippen LogP) is 12.5. The molecule has 3 atom stereocenters. The van der Waals surface area contributed by atoms with Crippen molar-refractivity contribution in [3.63, 3.8) is 0 Å². The van der Waals surface area contributed by atoms with E-state index in [1.165, 1.54) is 25.7 Å². The molecule has 3 N–H and O–H groups in total. The summed E-state index contributed by atoms with van der Waals surface area (Å²) in [5.41, 5.74) is 0. The Kier molecular flexibility index (Phi) is 42.0. The lowest BCUT2D eigenvalue weighted by Crippen LogP contribution is -2.29. The van der Waals surface area contributed by atoms with Crippen LogP contribution in [0.3, 0.4) is 0 Å². The van der Waals surface area contributed by atoms with Gasteiger partial charge in [0.2, 0.25) is 0 Å². The van der Waals surface area contributed by atoms with Crippen LogP contribution < -0.4 is 0 Å². The van der Waals surface area contributed by atoms with Crippen LogP contribution in [0.25, 0.3) is 0 Å². The van der Waals surface area contributed by atoms with E-state index in [1.54, 1.807) is 0 Å². The van der Waals surface area contributed by atoms with Crippen LogP contribution in [0.1, 0.15) is 155 Å². The van der Waals surface area contributed by atoms with Gasteiger partial charge in [0.25, 0.3) is 0 Å². The summed E-state index contributed by atoms with van der Waals surface area (Å²) < 4.78 is 33.4. The molecule has 0 heterocycles. The summed E-state index contributed by atoms with van der Waals surface area (Å²) >= 11 is 0. The van der Waals surface area contributed by atoms with E-state index in [2.05, 4.69) is 111 Å². The Morgan fingerprint density at radius 2 is 0.931 bits per heavy atom. The van der Waals surface area contributed by atoms with Crippen molar-refractivity contribution < 1.29 is 43.0 Å². The minimum absolute atomic E-state index is 0.0250. The van der Waals surface area contributed by atoms with Gasteiger partial charge >= 0.3 is 13.8 Å². The molecule has 0 amide bonds. The lowest BCUT2D eigenvalue weighted by molar-refractivity contribution is -0.154. The first kappa shape index (κ1) is 55.4. The van der Waals surface area contributed by atoms with Crippen molar-refractivity contribution >= 4 is 13.8 Å². The number of ether oxygens (including phenoxy) is 2. The molecule has 0 saturated heterocycles. The summed E-state index contributed by atoms with van der Waals surface area (Å²) in [6.07, 6.45) is 55.0. The van der Waals surface area contributed by atoms with E-state index in [1.807, 2.05) is 0 Å². The first-order chi connectivity index (χ1) is 28.3. The first-order valence-electron chi connectivity index (χ1n) is 22.2. The molecule has 0 aromatic rings. The second-order valence-electron chi connectivity index (χ2n) is 14.3. The van der Waals surface area contributed by atoms with Crippen LogP contribution in [0, 0.1) is 0 Å². The summed E-state index contributed by atoms with van der Waals surface area (Å²) in [6, 6.07) is 0. The van der Waals surface area contributed by atoms with Crippen molar-refractivity contribution in [2.45, 2.75) is 167 Å². The maximum Gasteiger partial charge on any atom is 0.472 e. The maximum atomic E-state index is 12.6. The van der Waals surface area contributed by atoms with Gasteiger partial charge in [0.05, 0.1) is 26.4 Å². The highest BCUT2D eigenvalue weighted by atomic mass is 31.2. The third-order valence-corrected chi connectivity index (χ3v) is 9.72. The Morgan fingerprint density at radius 3 is 1.40 bits per heavy atom. The maximum absolute atomic E-state index is 12.6. The second-order valence-corrected chi connectivity index (χ2v) is 15.8. The van der Waals surface area contributed by atoms with Gasteiger partial charge in [0, 0.05) is 13.0 Å². The molecule has 0 radical (unpaired) electrons. The van der Waals surface area contributed by atoms with Gasteiger partial charge in [-0.15, -0.1) is 0 Å². The molecule has 0 fully saturated rings. The number of unbranched alkanes of at least 4 members (excludes halogenated alkanes) is 11. The van der Waals surface area contributed by atoms with Crippen LogP contribution in [-0.4, -0.2) is 66.3 Å². The zero-order valence-corrected chi connectivity index (χ0v) is 37.1. The van der Waals surface area contributed by atoms with E-state index in [0.29, 0.717) is 13.0 Å². The molecule has 3 unspecified atom stereocenters. The Labute approximate surface area is 353 Å². The molecule has 0 bridgehead atoms. The molecule has 0 aliphatic carbocycles. The largest absolute Gasteiger partial charge is 0.472 e. The number of phosphoric ester groups is 1. The fourth-order valence-electron chi connectivity index (χ4n) is 5.45. The van der Waals surface area contributed by atoms with Gasteiger partial charge in [-0.25, -0.2) is 4.57 Å². The molecule has 0 spiro atoms. The molecule has 332 valence electrons. The highest BCUT2D eigenvalue weighted by molar-refractivity contribution is 7.47. The number of hydrogen-bond acceptors (Lipinski definition) is 8. The minimum atomic E-state index is -4.54. The summed E-state index contributed by atoms with van der Waals surface area (Å²) in [4.78, 5) is 22.6. The molecule has 0 saturated carbocycles. The Hall–Kier alpha value is -2.62. The minimum Gasteiger partial charge on any atom is -0.457 e. The SMILES string of the molecule is CC/C=C\C/C=C\C/C=C\C/C=C\CCCCCCCCCOCC(COP(=O)(O)OCC(O)CO)OC(=O)CCCCCC/C=C\C/C=C\C/C=C\C/C=C\CC. The third-order valence-electron chi connectivity index (χ3n) is 8.77. The Bertz CT molecular complexity index is 1220. The number of esters is 1. The van der Waals surface area contributed by atoms with E-state index in [4.69, 9.17) is 23.6 Å². The van der Waals surface area contributed by atoms with E-state index in [0.717, 1.165) is 103 Å². The van der Waals surface area contributed by atoms with Gasteiger partial charge in [-0.05, 0) is 89.9 Å². The number of carbonyl (C=O) groups excluding carboxylic acids is 1. The van der Waals surface area contributed by atoms with Crippen LogP contribution in [0.15, 0.2) is 97.2 Å². The van der Waals surface area contributed by atoms with Crippen molar-refractivity contribution in [2.24, 2.45) is 0 Å². The molecule has 0 aromatic heterocycles. The van der Waals surface area contributed by atoms with Crippen LogP contribution in [0.4, 0.5) is 0 Å². The van der Waals surface area contributed by atoms with Gasteiger partial charge in [-0.1, -0.05) is 156 Å². The number of carbonyl (C=O) groups is 1. The van der Waals surface area contributed by atoms with Crippen LogP contribution in [0.5, 0.6) is 0 Å². The third kappa shape index (κ3) is 43.0. The van der Waals surface area contributed by atoms with Gasteiger partial charge in [0.15, 0.2) is 0 Å². The molecule has 0 aliphatic heterocycles. The highest BCUT2D eigenvalue weighted by Crippen LogP contribution is 2.43. The molecule has 58 heavy (non-hydrogen) atoms. The van der Waals surface area contributed by atoms with Gasteiger partial charge in [-0.3, -0.25) is 13.8 Å². The summed E-state index contributed by atoms with van der Waals surface area (Å²) in [5.74, 6) is -0.414. The summed E-state index contributed by atoms with van der Waals surface area (Å²) in [6.45, 7) is 3.21. The van der Waals surface area contributed by atoms with Crippen molar-refractivity contribution in [1.82, 2.24) is 0 Å². The van der Waals surface area contributed by atoms with E-state index in [9.17, 15) is 19.4 Å². The number of aliphatic hydroxyl groups is 2. The number of aliphatic hydroxyl groups excluding tert-OH is 2. The lowest BCUT2D eigenvalue weighted by atomic mass is 10.1. The van der Waals surface area contributed by atoms with Gasteiger partial charge < -0.3 is 24.6 Å². The average Bonchev–Trinajstić information content (AvgIpc) is 3.21. The first-order valence-corrected chi connectivity index (χ1v) is 23.7. The van der Waals surface area contributed by atoms with Crippen molar-refractivity contribution in [2.75, 3.05) is 33.0 Å². The molecule has 10 heteroatoms. The number of rotatable bonds is 41. The topological polar surface area (TPSA) is 132 Å². The molecule has 0 aliphatic rings. The van der Waals surface area contributed by atoms with Crippen molar-refractivity contribution in [3.8, 4) is 0 Å². The number of phosphoric acid groups is 1. The van der Waals surface area contributed by atoms with Crippen LogP contribution >= 0.6 is 7.82 Å². The van der Waals surface area contributed by atoms with E-state index in [-0.39, 0.29) is 13.0 Å². The quantitative estimate of drug-likeness (QED) is 0.0238. The highest BCUT2D eigenvalue weighted by Gasteiger charge is 2.26. The smallest absolute Gasteiger partial charge is 0.457 e. The summed E-state index contributed by atoms with van der Waals surface area (Å²) in [5, 5.41) is 18.4. The predicted molar refractivity (Wildman–Crippen MR) is 242 cm³/mol. The molecule has 9 nitrogen and oxygen atoms in total. The van der Waals surface area contributed by atoms with Gasteiger partial charge in [0.1, 0.15) is 12.2 Å².